The Morgan fingerprint density at radius 2 is 1.83 bits per heavy atom. The lowest BCUT2D eigenvalue weighted by atomic mass is 10.3. The predicted octanol–water partition coefficient (Wildman–Crippen LogP) is 0.903. The van der Waals surface area contributed by atoms with Gasteiger partial charge in [0.25, 0.3) is 5.56 Å². The molecule has 0 aliphatic rings. The molecule has 0 spiro atoms. The third-order valence-corrected chi connectivity index (χ3v) is 3.77. The summed E-state index contributed by atoms with van der Waals surface area (Å²) in [7, 11) is 3.08. The second-order valence-electron chi connectivity index (χ2n) is 5.33. The van der Waals surface area contributed by atoms with E-state index in [1.165, 1.54) is 11.6 Å². The number of para-hydroxylation sites is 1. The molecule has 0 saturated carbocycles. The quantitative estimate of drug-likeness (QED) is 0.656. The second-order valence-corrected chi connectivity index (χ2v) is 5.33. The van der Waals surface area contributed by atoms with E-state index in [1.54, 1.807) is 17.9 Å². The third kappa shape index (κ3) is 2.77. The minimum absolute atomic E-state index is 0.329. The monoisotopic (exact) mass is 314 g/mol. The van der Waals surface area contributed by atoms with Gasteiger partial charge in [0.2, 0.25) is 0 Å². The van der Waals surface area contributed by atoms with E-state index >= 15 is 0 Å². The molecule has 0 unspecified atom stereocenters. The van der Waals surface area contributed by atoms with Crippen LogP contribution in [0.3, 0.4) is 0 Å². The number of hydrogen-bond acceptors (Lipinski definition) is 4. The molecule has 0 atom stereocenters. The summed E-state index contributed by atoms with van der Waals surface area (Å²) in [6.45, 7) is 1.13. The fraction of sp³-hybridized carbons (Fsp3) is 0.312. The standard InChI is InChI=1S/C16H18N4O3/c1-18-14-13(15(21)19(2)16(18)22)20(11-17-14)9-6-10-23-12-7-4-3-5-8-12/h3-5,7-8,11H,6,9-10H2,1-2H3. The second kappa shape index (κ2) is 6.12. The minimum Gasteiger partial charge on any atom is -0.494 e. The number of ether oxygens (including phenoxy) is 1. The van der Waals surface area contributed by atoms with E-state index in [0.717, 1.165) is 16.7 Å². The summed E-state index contributed by atoms with van der Waals surface area (Å²) in [4.78, 5) is 28.4. The zero-order valence-electron chi connectivity index (χ0n) is 13.1. The molecule has 0 aliphatic heterocycles. The maximum absolute atomic E-state index is 12.3. The maximum Gasteiger partial charge on any atom is 0.332 e. The molecule has 7 heteroatoms. The van der Waals surface area contributed by atoms with Crippen LogP contribution < -0.4 is 16.0 Å². The summed E-state index contributed by atoms with van der Waals surface area (Å²) in [5.74, 6) is 0.821. The molecule has 23 heavy (non-hydrogen) atoms. The van der Waals surface area contributed by atoms with Crippen LogP contribution in [0, 0.1) is 0 Å². The van der Waals surface area contributed by atoms with Crippen LogP contribution in [0.2, 0.25) is 0 Å². The first-order chi connectivity index (χ1) is 11.1. The van der Waals surface area contributed by atoms with Crippen LogP contribution in [0.1, 0.15) is 6.42 Å². The smallest absolute Gasteiger partial charge is 0.332 e. The van der Waals surface area contributed by atoms with Gasteiger partial charge in [-0.2, -0.15) is 0 Å². The van der Waals surface area contributed by atoms with Crippen molar-refractivity contribution in [3.63, 3.8) is 0 Å². The lowest BCUT2D eigenvalue weighted by Crippen LogP contribution is -2.37. The highest BCUT2D eigenvalue weighted by molar-refractivity contribution is 5.69. The van der Waals surface area contributed by atoms with Crippen molar-refractivity contribution >= 4 is 11.2 Å². The topological polar surface area (TPSA) is 71.0 Å². The molecule has 2 aromatic heterocycles. The summed E-state index contributed by atoms with van der Waals surface area (Å²) >= 11 is 0. The number of aryl methyl sites for hydroxylation is 2. The Morgan fingerprint density at radius 3 is 2.57 bits per heavy atom. The van der Waals surface area contributed by atoms with Gasteiger partial charge in [0, 0.05) is 20.6 Å². The fourth-order valence-electron chi connectivity index (χ4n) is 2.51. The van der Waals surface area contributed by atoms with Gasteiger partial charge in [-0.1, -0.05) is 18.2 Å². The van der Waals surface area contributed by atoms with Crippen molar-refractivity contribution in [2.75, 3.05) is 6.61 Å². The lowest BCUT2D eigenvalue weighted by molar-refractivity contribution is 0.302. The average molecular weight is 314 g/mol. The van der Waals surface area contributed by atoms with Gasteiger partial charge >= 0.3 is 5.69 Å². The van der Waals surface area contributed by atoms with Crippen molar-refractivity contribution in [3.8, 4) is 5.75 Å². The Kier molecular flexibility index (Phi) is 4.01. The van der Waals surface area contributed by atoms with Crippen LogP contribution in [-0.4, -0.2) is 25.3 Å². The molecule has 0 fully saturated rings. The molecule has 0 saturated heterocycles. The molecule has 0 amide bonds. The first-order valence-electron chi connectivity index (χ1n) is 7.38. The van der Waals surface area contributed by atoms with Crippen molar-refractivity contribution in [2.45, 2.75) is 13.0 Å². The summed E-state index contributed by atoms with van der Waals surface area (Å²) in [5.41, 5.74) is 0.140. The number of rotatable bonds is 5. The summed E-state index contributed by atoms with van der Waals surface area (Å²) < 4.78 is 9.89. The minimum atomic E-state index is -0.375. The van der Waals surface area contributed by atoms with Crippen LogP contribution in [0.5, 0.6) is 5.75 Å². The zero-order chi connectivity index (χ0) is 16.4. The van der Waals surface area contributed by atoms with E-state index in [-0.39, 0.29) is 11.2 Å². The lowest BCUT2D eigenvalue weighted by Gasteiger charge is -2.08. The highest BCUT2D eigenvalue weighted by Crippen LogP contribution is 2.10. The van der Waals surface area contributed by atoms with Crippen LogP contribution in [0.25, 0.3) is 11.2 Å². The Bertz CT molecular complexity index is 938. The fourth-order valence-corrected chi connectivity index (χ4v) is 2.51. The maximum atomic E-state index is 12.3. The van der Waals surface area contributed by atoms with E-state index in [0.29, 0.717) is 24.3 Å². The number of aromatic nitrogens is 4. The molecular weight excluding hydrogens is 296 g/mol. The number of nitrogens with zero attached hydrogens (tertiary/aromatic N) is 4. The molecule has 3 aromatic rings. The van der Waals surface area contributed by atoms with Crippen molar-refractivity contribution in [1.82, 2.24) is 18.7 Å². The van der Waals surface area contributed by atoms with Gasteiger partial charge in [0.15, 0.2) is 11.2 Å². The first kappa shape index (κ1) is 15.1. The van der Waals surface area contributed by atoms with Crippen molar-refractivity contribution in [2.24, 2.45) is 14.1 Å². The Balaban J connectivity index is 1.77. The van der Waals surface area contributed by atoms with Gasteiger partial charge in [0.1, 0.15) is 5.75 Å². The number of fused-ring (bicyclic) bond motifs is 1. The van der Waals surface area contributed by atoms with E-state index in [1.807, 2.05) is 30.3 Å². The molecular formula is C16H18N4O3. The van der Waals surface area contributed by atoms with Gasteiger partial charge in [-0.25, -0.2) is 9.78 Å². The molecule has 120 valence electrons. The van der Waals surface area contributed by atoms with Crippen LogP contribution in [-0.2, 0) is 20.6 Å². The van der Waals surface area contributed by atoms with Gasteiger partial charge in [-0.3, -0.25) is 13.9 Å². The molecule has 7 nitrogen and oxygen atoms in total. The third-order valence-electron chi connectivity index (χ3n) is 3.77. The van der Waals surface area contributed by atoms with Gasteiger partial charge in [-0.05, 0) is 18.6 Å². The average Bonchev–Trinajstić information content (AvgIpc) is 3.00. The molecule has 0 aliphatic carbocycles. The van der Waals surface area contributed by atoms with Crippen molar-refractivity contribution in [1.29, 1.82) is 0 Å². The Morgan fingerprint density at radius 1 is 1.09 bits per heavy atom. The summed E-state index contributed by atoms with van der Waals surface area (Å²) in [5, 5.41) is 0. The van der Waals surface area contributed by atoms with Crippen molar-refractivity contribution < 1.29 is 4.74 Å². The van der Waals surface area contributed by atoms with E-state index < -0.39 is 0 Å². The predicted molar refractivity (Wildman–Crippen MR) is 86.8 cm³/mol. The molecule has 0 N–H and O–H groups in total. The highest BCUT2D eigenvalue weighted by atomic mass is 16.5. The van der Waals surface area contributed by atoms with Crippen LogP contribution >= 0.6 is 0 Å². The van der Waals surface area contributed by atoms with Gasteiger partial charge in [-0.15, -0.1) is 0 Å². The SMILES string of the molecule is Cn1c(=O)c2c(ncn2CCCOc2ccccc2)n(C)c1=O. The van der Waals surface area contributed by atoms with Crippen molar-refractivity contribution in [3.05, 3.63) is 57.5 Å². The summed E-state index contributed by atoms with van der Waals surface area (Å²) in [6.07, 6.45) is 2.32. The Labute approximate surface area is 132 Å². The summed E-state index contributed by atoms with van der Waals surface area (Å²) in [6, 6.07) is 9.58. The Hall–Kier alpha value is -2.83. The van der Waals surface area contributed by atoms with Gasteiger partial charge < -0.3 is 9.30 Å². The highest BCUT2D eigenvalue weighted by Gasteiger charge is 2.13. The largest absolute Gasteiger partial charge is 0.494 e. The number of hydrogen-bond donors (Lipinski definition) is 0. The zero-order valence-corrected chi connectivity index (χ0v) is 13.1. The van der Waals surface area contributed by atoms with Crippen LogP contribution in [0.4, 0.5) is 0 Å². The van der Waals surface area contributed by atoms with E-state index in [2.05, 4.69) is 4.98 Å². The van der Waals surface area contributed by atoms with Crippen LogP contribution in [0.15, 0.2) is 46.2 Å². The van der Waals surface area contributed by atoms with E-state index in [4.69, 9.17) is 4.74 Å². The normalized spacial score (nSPS) is 11.0. The first-order valence-corrected chi connectivity index (χ1v) is 7.38. The number of benzene rings is 1. The molecule has 2 heterocycles. The molecule has 3 rings (SSSR count). The molecule has 0 radical (unpaired) electrons. The van der Waals surface area contributed by atoms with Gasteiger partial charge in [0.05, 0.1) is 12.9 Å². The molecule has 1 aromatic carbocycles. The molecule has 0 bridgehead atoms. The van der Waals surface area contributed by atoms with E-state index in [9.17, 15) is 9.59 Å². The number of imidazole rings is 1.